The summed E-state index contributed by atoms with van der Waals surface area (Å²) in [6, 6.07) is 7.49. The van der Waals surface area contributed by atoms with E-state index in [0.29, 0.717) is 41.2 Å². The number of anilines is 1. The van der Waals surface area contributed by atoms with Crippen LogP contribution < -0.4 is 14.4 Å². The molecule has 1 N–H and O–H groups in total. The fourth-order valence-electron chi connectivity index (χ4n) is 3.67. The minimum absolute atomic E-state index is 0.0424. The molecule has 1 aromatic carbocycles. The van der Waals surface area contributed by atoms with Crippen molar-refractivity contribution < 1.29 is 28.6 Å². The van der Waals surface area contributed by atoms with Gasteiger partial charge in [-0.25, -0.2) is 4.98 Å². The summed E-state index contributed by atoms with van der Waals surface area (Å²) in [4.78, 5) is 32.0. The van der Waals surface area contributed by atoms with Crippen LogP contribution in [0.25, 0.3) is 0 Å². The number of Topliss-reactive ketones (excluding diaryl/α,β-unsaturated/α-hetero) is 1. The van der Waals surface area contributed by atoms with Crippen LogP contribution >= 0.6 is 11.3 Å². The number of ether oxygens (including phenoxy) is 2. The lowest BCUT2D eigenvalue weighted by Gasteiger charge is -2.25. The van der Waals surface area contributed by atoms with Crippen LogP contribution in [0.15, 0.2) is 57.7 Å². The summed E-state index contributed by atoms with van der Waals surface area (Å²) in [6.45, 7) is 6.51. The Morgan fingerprint density at radius 1 is 1.21 bits per heavy atom. The van der Waals surface area contributed by atoms with E-state index >= 15 is 0 Å². The van der Waals surface area contributed by atoms with Gasteiger partial charge in [-0.3, -0.25) is 14.5 Å². The Kier molecular flexibility index (Phi) is 6.50. The van der Waals surface area contributed by atoms with Crippen molar-refractivity contribution in [3.8, 4) is 11.5 Å². The summed E-state index contributed by atoms with van der Waals surface area (Å²) in [7, 11) is 0. The van der Waals surface area contributed by atoms with Gasteiger partial charge in [0.05, 0.1) is 24.8 Å². The molecule has 0 bridgehead atoms. The quantitative estimate of drug-likeness (QED) is 0.440. The summed E-state index contributed by atoms with van der Waals surface area (Å²) in [5.74, 6) is -0.253. The number of aromatic nitrogens is 1. The standard InChI is InChI=1S/C24H24N2O6S/c1-4-11-31-16-9-7-15(13-18(16)30-5-2)20-19(21(27)17-8-6-14(3)32-17)22(28)23(29)26(20)24-25-10-12-33-24/h6-10,12-13,20,28H,4-5,11H2,1-3H3. The maximum Gasteiger partial charge on any atom is 0.296 e. The predicted molar refractivity (Wildman–Crippen MR) is 123 cm³/mol. The summed E-state index contributed by atoms with van der Waals surface area (Å²) in [5.41, 5.74) is 0.496. The molecule has 0 radical (unpaired) electrons. The summed E-state index contributed by atoms with van der Waals surface area (Å²) < 4.78 is 17.1. The molecular formula is C24H24N2O6S. The van der Waals surface area contributed by atoms with Crippen LogP contribution in [0.1, 0.15) is 48.2 Å². The van der Waals surface area contributed by atoms with E-state index in [1.54, 1.807) is 42.8 Å². The zero-order chi connectivity index (χ0) is 23.5. The molecule has 0 spiro atoms. The number of hydrogen-bond acceptors (Lipinski definition) is 8. The van der Waals surface area contributed by atoms with Gasteiger partial charge in [-0.1, -0.05) is 13.0 Å². The highest BCUT2D eigenvalue weighted by Gasteiger charge is 2.46. The molecule has 0 fully saturated rings. The first-order valence-corrected chi connectivity index (χ1v) is 11.5. The minimum atomic E-state index is -0.916. The van der Waals surface area contributed by atoms with Crippen molar-refractivity contribution in [1.82, 2.24) is 4.98 Å². The number of furan rings is 1. The molecule has 3 heterocycles. The number of benzene rings is 1. The largest absolute Gasteiger partial charge is 0.503 e. The van der Waals surface area contributed by atoms with Crippen LogP contribution in [-0.4, -0.2) is 35.0 Å². The predicted octanol–water partition coefficient (Wildman–Crippen LogP) is 5.01. The van der Waals surface area contributed by atoms with Gasteiger partial charge in [0, 0.05) is 11.6 Å². The van der Waals surface area contributed by atoms with E-state index in [2.05, 4.69) is 4.98 Å². The van der Waals surface area contributed by atoms with E-state index in [1.807, 2.05) is 13.8 Å². The SMILES string of the molecule is CCCOc1ccc(C2C(C(=O)c3ccc(C)o3)=C(O)C(=O)N2c2nccs2)cc1OCC. The van der Waals surface area contributed by atoms with E-state index in [1.165, 1.54) is 22.3 Å². The highest BCUT2D eigenvalue weighted by molar-refractivity contribution is 7.13. The molecule has 9 heteroatoms. The molecule has 0 saturated heterocycles. The Morgan fingerprint density at radius 2 is 2.03 bits per heavy atom. The molecule has 1 amide bonds. The fourth-order valence-corrected chi connectivity index (χ4v) is 4.34. The summed E-state index contributed by atoms with van der Waals surface area (Å²) in [6.07, 6.45) is 2.39. The maximum atomic E-state index is 13.4. The molecule has 0 saturated carbocycles. The van der Waals surface area contributed by atoms with Gasteiger partial charge < -0.3 is 19.0 Å². The topological polar surface area (TPSA) is 102 Å². The van der Waals surface area contributed by atoms with Crippen molar-refractivity contribution in [2.45, 2.75) is 33.2 Å². The van der Waals surface area contributed by atoms with Crippen molar-refractivity contribution in [3.05, 3.63) is 70.3 Å². The van der Waals surface area contributed by atoms with Crippen LogP contribution in [0.5, 0.6) is 11.5 Å². The highest BCUT2D eigenvalue weighted by Crippen LogP contribution is 2.44. The number of aliphatic hydroxyl groups excluding tert-OH is 1. The van der Waals surface area contributed by atoms with Crippen LogP contribution in [-0.2, 0) is 4.79 Å². The number of rotatable bonds is 9. The number of carbonyl (C=O) groups excluding carboxylic acids is 2. The average molecular weight is 469 g/mol. The van der Waals surface area contributed by atoms with Crippen molar-refractivity contribution in [2.75, 3.05) is 18.1 Å². The number of carbonyl (C=O) groups is 2. The molecular weight excluding hydrogens is 444 g/mol. The molecule has 1 aliphatic rings. The van der Waals surface area contributed by atoms with Crippen LogP contribution in [0.2, 0.25) is 0 Å². The second kappa shape index (κ2) is 9.50. The van der Waals surface area contributed by atoms with Gasteiger partial charge in [-0.2, -0.15) is 0 Å². The average Bonchev–Trinajstić information content (AvgIpc) is 3.54. The summed E-state index contributed by atoms with van der Waals surface area (Å²) >= 11 is 1.23. The Labute approximate surface area is 195 Å². The Balaban J connectivity index is 1.84. The van der Waals surface area contributed by atoms with E-state index < -0.39 is 23.5 Å². The molecule has 3 aromatic rings. The first kappa shape index (κ1) is 22.6. The number of amides is 1. The van der Waals surface area contributed by atoms with Crippen molar-refractivity contribution in [3.63, 3.8) is 0 Å². The van der Waals surface area contributed by atoms with E-state index in [-0.39, 0.29) is 11.3 Å². The molecule has 8 nitrogen and oxygen atoms in total. The Bertz CT molecular complexity index is 1200. The number of aliphatic hydroxyl groups is 1. The van der Waals surface area contributed by atoms with Gasteiger partial charge in [0.25, 0.3) is 5.91 Å². The molecule has 1 unspecified atom stereocenters. The summed E-state index contributed by atoms with van der Waals surface area (Å²) in [5, 5.41) is 12.9. The molecule has 33 heavy (non-hydrogen) atoms. The smallest absolute Gasteiger partial charge is 0.296 e. The lowest BCUT2D eigenvalue weighted by Crippen LogP contribution is -2.31. The van der Waals surface area contributed by atoms with Gasteiger partial charge in [0.1, 0.15) is 5.76 Å². The Hall–Kier alpha value is -3.59. The second-order valence-electron chi connectivity index (χ2n) is 7.38. The van der Waals surface area contributed by atoms with Crippen molar-refractivity contribution >= 4 is 28.2 Å². The third-order valence-electron chi connectivity index (χ3n) is 5.09. The minimum Gasteiger partial charge on any atom is -0.503 e. The van der Waals surface area contributed by atoms with Crippen LogP contribution in [0, 0.1) is 6.92 Å². The lowest BCUT2D eigenvalue weighted by atomic mass is 9.95. The Morgan fingerprint density at radius 3 is 2.67 bits per heavy atom. The van der Waals surface area contributed by atoms with Crippen LogP contribution in [0.3, 0.4) is 0 Å². The zero-order valence-corrected chi connectivity index (χ0v) is 19.3. The number of thiazole rings is 1. The zero-order valence-electron chi connectivity index (χ0n) is 18.5. The van der Waals surface area contributed by atoms with E-state index in [0.717, 1.165) is 6.42 Å². The third kappa shape index (κ3) is 4.23. The van der Waals surface area contributed by atoms with Crippen molar-refractivity contribution in [2.24, 2.45) is 0 Å². The monoisotopic (exact) mass is 468 g/mol. The second-order valence-corrected chi connectivity index (χ2v) is 8.25. The van der Waals surface area contributed by atoms with Gasteiger partial charge in [0.2, 0.25) is 5.78 Å². The fraction of sp³-hybridized carbons (Fsp3) is 0.292. The first-order chi connectivity index (χ1) is 16.0. The van der Waals surface area contributed by atoms with Gasteiger partial charge in [0.15, 0.2) is 28.1 Å². The molecule has 2 aromatic heterocycles. The van der Waals surface area contributed by atoms with Gasteiger partial charge in [-0.05, 0) is 50.1 Å². The van der Waals surface area contributed by atoms with Crippen molar-refractivity contribution in [1.29, 1.82) is 0 Å². The molecule has 1 aliphatic heterocycles. The highest BCUT2D eigenvalue weighted by atomic mass is 32.1. The van der Waals surface area contributed by atoms with Crippen LogP contribution in [0.4, 0.5) is 5.13 Å². The molecule has 1 atom stereocenters. The maximum absolute atomic E-state index is 13.4. The number of ketones is 1. The molecule has 0 aliphatic carbocycles. The first-order valence-electron chi connectivity index (χ1n) is 10.6. The van der Waals surface area contributed by atoms with Gasteiger partial charge in [-0.15, -0.1) is 11.3 Å². The van der Waals surface area contributed by atoms with Gasteiger partial charge >= 0.3 is 0 Å². The number of hydrogen-bond donors (Lipinski definition) is 1. The molecule has 172 valence electrons. The van der Waals surface area contributed by atoms with E-state index in [4.69, 9.17) is 13.9 Å². The van der Waals surface area contributed by atoms with E-state index in [9.17, 15) is 14.7 Å². The number of nitrogens with zero attached hydrogens (tertiary/aromatic N) is 2. The number of aryl methyl sites for hydroxylation is 1. The lowest BCUT2D eigenvalue weighted by molar-refractivity contribution is -0.117. The molecule has 4 rings (SSSR count). The third-order valence-corrected chi connectivity index (χ3v) is 5.86. The normalized spacial score (nSPS) is 15.9.